The molecule has 0 saturated heterocycles. The summed E-state index contributed by atoms with van der Waals surface area (Å²) in [5.41, 5.74) is 8.31. The lowest BCUT2D eigenvalue weighted by molar-refractivity contribution is -0.117. The molecule has 36 heavy (non-hydrogen) atoms. The van der Waals surface area contributed by atoms with Gasteiger partial charge in [0.2, 0.25) is 5.91 Å². The summed E-state index contributed by atoms with van der Waals surface area (Å²) in [5.74, 6) is -0.492. The molecule has 5 rings (SSSR count). The van der Waals surface area contributed by atoms with E-state index < -0.39 is 11.8 Å². The van der Waals surface area contributed by atoms with Crippen LogP contribution in [0.2, 0.25) is 0 Å². The minimum atomic E-state index is -0.494. The van der Waals surface area contributed by atoms with Crippen molar-refractivity contribution in [3.05, 3.63) is 102 Å². The summed E-state index contributed by atoms with van der Waals surface area (Å²) in [6.45, 7) is 2.04. The van der Waals surface area contributed by atoms with Gasteiger partial charge in [0.1, 0.15) is 5.69 Å². The van der Waals surface area contributed by atoms with E-state index in [2.05, 4.69) is 21.3 Å². The number of amides is 3. The number of nitrogens with one attached hydrogen (secondary N) is 3. The second kappa shape index (κ2) is 9.87. The summed E-state index contributed by atoms with van der Waals surface area (Å²) >= 11 is 0. The quantitative estimate of drug-likeness (QED) is 0.360. The molecule has 4 aromatic rings. The van der Waals surface area contributed by atoms with Crippen LogP contribution < -0.4 is 16.2 Å². The van der Waals surface area contributed by atoms with Crippen molar-refractivity contribution < 1.29 is 14.4 Å². The molecule has 1 aliphatic rings. The van der Waals surface area contributed by atoms with Gasteiger partial charge in [0.25, 0.3) is 11.8 Å². The molecule has 1 saturated carbocycles. The molecule has 1 fully saturated rings. The van der Waals surface area contributed by atoms with E-state index in [1.807, 2.05) is 67.6 Å². The zero-order chi connectivity index (χ0) is 25.1. The largest absolute Gasteiger partial charge is 0.326 e. The summed E-state index contributed by atoms with van der Waals surface area (Å²) in [7, 11) is 0. The van der Waals surface area contributed by atoms with Crippen molar-refractivity contribution in [1.29, 1.82) is 0 Å². The number of aromatic nitrogens is 2. The molecule has 0 aliphatic heterocycles. The van der Waals surface area contributed by atoms with Gasteiger partial charge in [0, 0.05) is 28.9 Å². The fourth-order valence-electron chi connectivity index (χ4n) is 3.94. The van der Waals surface area contributed by atoms with Crippen LogP contribution in [-0.4, -0.2) is 27.5 Å². The van der Waals surface area contributed by atoms with Crippen molar-refractivity contribution in [1.82, 2.24) is 20.6 Å². The van der Waals surface area contributed by atoms with Crippen LogP contribution in [-0.2, 0) is 4.79 Å². The van der Waals surface area contributed by atoms with Gasteiger partial charge in [-0.1, -0.05) is 55.5 Å². The van der Waals surface area contributed by atoms with Gasteiger partial charge in [0.15, 0.2) is 0 Å². The topological polar surface area (TPSA) is 105 Å². The number of hydrazine groups is 1. The zero-order valence-corrected chi connectivity index (χ0v) is 19.6. The first-order chi connectivity index (χ1) is 17.5. The molecule has 3 aromatic carbocycles. The number of carbonyl (C=O) groups is 3. The van der Waals surface area contributed by atoms with Crippen LogP contribution in [0.1, 0.15) is 34.1 Å². The van der Waals surface area contributed by atoms with Crippen molar-refractivity contribution in [2.75, 3.05) is 5.32 Å². The Labute approximate surface area is 208 Å². The highest BCUT2D eigenvalue weighted by Crippen LogP contribution is 2.38. The molecule has 0 bridgehead atoms. The molecule has 1 aromatic heterocycles. The van der Waals surface area contributed by atoms with E-state index in [4.69, 9.17) is 0 Å². The Morgan fingerprint density at radius 2 is 1.44 bits per heavy atom. The number of rotatable bonds is 6. The predicted octanol–water partition coefficient (Wildman–Crippen LogP) is 4.21. The lowest BCUT2D eigenvalue weighted by Crippen LogP contribution is -2.41. The fraction of sp³-hybridized carbons (Fsp3) is 0.143. The summed E-state index contributed by atoms with van der Waals surface area (Å²) in [4.78, 5) is 37.8. The van der Waals surface area contributed by atoms with E-state index in [9.17, 15) is 14.4 Å². The number of para-hydroxylation sites is 1. The van der Waals surface area contributed by atoms with Gasteiger partial charge in [-0.3, -0.25) is 25.2 Å². The molecule has 2 unspecified atom stereocenters. The molecule has 3 amide bonds. The number of carbonyl (C=O) groups excluding carboxylic acids is 3. The first-order valence-corrected chi connectivity index (χ1v) is 11.7. The minimum Gasteiger partial charge on any atom is -0.326 e. The third-order valence-corrected chi connectivity index (χ3v) is 6.18. The summed E-state index contributed by atoms with van der Waals surface area (Å²) < 4.78 is 1.63. The fourth-order valence-corrected chi connectivity index (χ4v) is 3.94. The standard InChI is InChI=1S/C28H25N5O3/c1-18-16-23(18)27(35)29-21-14-12-20(13-15-21)26(34)30-31-28(36)24-17-33(22-10-6-3-7-11-22)32-25(24)19-8-4-2-5-9-19/h2-15,17-18,23H,16H2,1H3,(H,29,35)(H,30,34)(H,31,36). The molecule has 2 atom stereocenters. The molecule has 1 heterocycles. The Balaban J connectivity index is 1.28. The van der Waals surface area contributed by atoms with Gasteiger partial charge >= 0.3 is 0 Å². The molecule has 0 spiro atoms. The molecule has 3 N–H and O–H groups in total. The lowest BCUT2D eigenvalue weighted by Gasteiger charge is -2.09. The number of hydrogen-bond donors (Lipinski definition) is 3. The number of nitrogens with zero attached hydrogens (tertiary/aromatic N) is 2. The predicted molar refractivity (Wildman–Crippen MR) is 136 cm³/mol. The maximum absolute atomic E-state index is 13.1. The number of benzene rings is 3. The van der Waals surface area contributed by atoms with Crippen molar-refractivity contribution >= 4 is 23.4 Å². The van der Waals surface area contributed by atoms with Gasteiger partial charge in [-0.2, -0.15) is 5.10 Å². The molecule has 180 valence electrons. The normalized spacial score (nSPS) is 16.1. The van der Waals surface area contributed by atoms with Crippen LogP contribution in [0, 0.1) is 11.8 Å². The molecule has 8 heteroatoms. The molecular weight excluding hydrogens is 454 g/mol. The van der Waals surface area contributed by atoms with Gasteiger partial charge in [-0.25, -0.2) is 4.68 Å². The third-order valence-electron chi connectivity index (χ3n) is 6.18. The molecule has 0 radical (unpaired) electrons. The van der Waals surface area contributed by atoms with E-state index in [1.165, 1.54) is 0 Å². The van der Waals surface area contributed by atoms with Gasteiger partial charge in [-0.15, -0.1) is 0 Å². The van der Waals surface area contributed by atoms with E-state index in [-0.39, 0.29) is 11.8 Å². The first-order valence-electron chi connectivity index (χ1n) is 11.7. The third kappa shape index (κ3) is 5.02. The smallest absolute Gasteiger partial charge is 0.273 e. The van der Waals surface area contributed by atoms with Crippen molar-refractivity contribution in [3.8, 4) is 16.9 Å². The highest BCUT2D eigenvalue weighted by molar-refractivity contribution is 6.02. The van der Waals surface area contributed by atoms with E-state index in [0.29, 0.717) is 28.4 Å². The second-order valence-corrected chi connectivity index (χ2v) is 8.83. The SMILES string of the molecule is CC1CC1C(=O)Nc1ccc(C(=O)NNC(=O)c2cn(-c3ccccc3)nc2-c2ccccc2)cc1. The van der Waals surface area contributed by atoms with Gasteiger partial charge < -0.3 is 5.32 Å². The molecule has 1 aliphatic carbocycles. The monoisotopic (exact) mass is 479 g/mol. The van der Waals surface area contributed by atoms with Gasteiger partial charge in [0.05, 0.1) is 11.3 Å². The summed E-state index contributed by atoms with van der Waals surface area (Å²) in [5, 5.41) is 7.48. The molecule has 8 nitrogen and oxygen atoms in total. The van der Waals surface area contributed by atoms with Crippen LogP contribution in [0.15, 0.2) is 91.1 Å². The zero-order valence-electron chi connectivity index (χ0n) is 19.6. The Morgan fingerprint density at radius 1 is 0.833 bits per heavy atom. The number of anilines is 1. The van der Waals surface area contributed by atoms with Crippen molar-refractivity contribution in [3.63, 3.8) is 0 Å². The van der Waals surface area contributed by atoms with Crippen LogP contribution >= 0.6 is 0 Å². The van der Waals surface area contributed by atoms with Crippen LogP contribution in [0.25, 0.3) is 16.9 Å². The Hall–Kier alpha value is -4.72. The van der Waals surface area contributed by atoms with Crippen molar-refractivity contribution in [2.24, 2.45) is 11.8 Å². The second-order valence-electron chi connectivity index (χ2n) is 8.83. The minimum absolute atomic E-state index is 0.00256. The number of hydrogen-bond acceptors (Lipinski definition) is 4. The Kier molecular flexibility index (Phi) is 6.32. The maximum atomic E-state index is 13.1. The van der Waals surface area contributed by atoms with Crippen molar-refractivity contribution in [2.45, 2.75) is 13.3 Å². The van der Waals surface area contributed by atoms with Crippen LogP contribution in [0.5, 0.6) is 0 Å². The average Bonchev–Trinajstić information content (AvgIpc) is 3.49. The Morgan fingerprint density at radius 3 is 2.08 bits per heavy atom. The first kappa shape index (κ1) is 23.0. The van der Waals surface area contributed by atoms with E-state index in [1.54, 1.807) is 35.1 Å². The van der Waals surface area contributed by atoms with E-state index in [0.717, 1.165) is 17.7 Å². The Bertz CT molecular complexity index is 1400. The van der Waals surface area contributed by atoms with Crippen LogP contribution in [0.3, 0.4) is 0 Å². The highest BCUT2D eigenvalue weighted by Gasteiger charge is 2.39. The highest BCUT2D eigenvalue weighted by atomic mass is 16.2. The molecular formula is C28H25N5O3. The van der Waals surface area contributed by atoms with Crippen LogP contribution in [0.4, 0.5) is 5.69 Å². The lowest BCUT2D eigenvalue weighted by atomic mass is 10.1. The maximum Gasteiger partial charge on any atom is 0.273 e. The summed E-state index contributed by atoms with van der Waals surface area (Å²) in [6, 6.07) is 25.4. The van der Waals surface area contributed by atoms with Gasteiger partial charge in [-0.05, 0) is 48.7 Å². The average molecular weight is 480 g/mol. The van der Waals surface area contributed by atoms with E-state index >= 15 is 0 Å². The summed E-state index contributed by atoms with van der Waals surface area (Å²) in [6.07, 6.45) is 2.54.